The first-order chi connectivity index (χ1) is 19.7. The van der Waals surface area contributed by atoms with Gasteiger partial charge in [-0.05, 0) is 37.3 Å². The molecule has 2 aromatic heterocycles. The third kappa shape index (κ3) is 5.32. The fourth-order valence-corrected chi connectivity index (χ4v) is 5.35. The van der Waals surface area contributed by atoms with Gasteiger partial charge >= 0.3 is 6.18 Å². The molecule has 1 atom stereocenters. The predicted octanol–water partition coefficient (Wildman–Crippen LogP) is 4.23. The van der Waals surface area contributed by atoms with Crippen LogP contribution < -0.4 is 9.47 Å². The summed E-state index contributed by atoms with van der Waals surface area (Å²) < 4.78 is 54.1. The molecule has 2 aromatic carbocycles. The number of hydrogen-bond acceptors (Lipinski definition) is 7. The van der Waals surface area contributed by atoms with E-state index in [2.05, 4.69) is 15.0 Å². The molecule has 0 spiro atoms. The van der Waals surface area contributed by atoms with Gasteiger partial charge in [-0.15, -0.1) is 0 Å². The van der Waals surface area contributed by atoms with E-state index in [0.717, 1.165) is 11.8 Å². The number of rotatable bonds is 7. The number of methoxy groups -OCH3 is 2. The highest BCUT2D eigenvalue weighted by Gasteiger charge is 2.39. The van der Waals surface area contributed by atoms with Crippen LogP contribution in [0.3, 0.4) is 0 Å². The van der Waals surface area contributed by atoms with Crippen LogP contribution in [-0.2, 0) is 6.18 Å². The Balaban J connectivity index is 1.45. The normalized spacial score (nSPS) is 15.2. The lowest BCUT2D eigenvalue weighted by atomic mass is 10.0. The van der Waals surface area contributed by atoms with Crippen LogP contribution in [0, 0.1) is 6.92 Å². The summed E-state index contributed by atoms with van der Waals surface area (Å²) in [5, 5.41) is 14.1. The molecular weight excluding hydrogens is 539 g/mol. The third-order valence-electron chi connectivity index (χ3n) is 7.46. The van der Waals surface area contributed by atoms with Crippen molar-refractivity contribution < 1.29 is 32.5 Å². The lowest BCUT2D eigenvalue weighted by Gasteiger charge is -2.39. The Labute approximate surface area is 234 Å². The van der Waals surface area contributed by atoms with Gasteiger partial charge in [0, 0.05) is 42.9 Å². The molecule has 0 radical (unpaired) electrons. The van der Waals surface area contributed by atoms with Crippen molar-refractivity contribution in [1.29, 1.82) is 0 Å². The van der Waals surface area contributed by atoms with Crippen molar-refractivity contribution in [3.8, 4) is 22.8 Å². The topological polar surface area (TPSA) is 92.4 Å². The first kappa shape index (κ1) is 28.4. The summed E-state index contributed by atoms with van der Waals surface area (Å²) in [4.78, 5) is 21.8. The zero-order valence-corrected chi connectivity index (χ0v) is 22.9. The molecule has 0 unspecified atom stereocenters. The molecule has 1 amide bonds. The van der Waals surface area contributed by atoms with Gasteiger partial charge in [-0.25, -0.2) is 9.50 Å². The molecule has 1 saturated heterocycles. The van der Waals surface area contributed by atoms with E-state index in [-0.39, 0.29) is 35.1 Å². The SMILES string of the molecule is COc1ccc(-c2nc3c(C(=O)N4CCN([C@H](CO)c5ccccc5OC)CC4)cnn3c(C(F)(F)F)c2C)cc1. The highest BCUT2D eigenvalue weighted by Crippen LogP contribution is 2.37. The minimum absolute atomic E-state index is 0.0119. The average Bonchev–Trinajstić information content (AvgIpc) is 3.40. The van der Waals surface area contributed by atoms with Crippen molar-refractivity contribution in [1.82, 2.24) is 24.4 Å². The Hall–Kier alpha value is -4.16. The van der Waals surface area contributed by atoms with E-state index in [1.165, 1.54) is 14.0 Å². The highest BCUT2D eigenvalue weighted by molar-refractivity contribution is 6.00. The Morgan fingerprint density at radius 3 is 2.32 bits per heavy atom. The maximum absolute atomic E-state index is 14.3. The van der Waals surface area contributed by atoms with Gasteiger partial charge in [0.2, 0.25) is 0 Å². The van der Waals surface area contributed by atoms with Crippen LogP contribution in [0.2, 0.25) is 0 Å². The summed E-state index contributed by atoms with van der Waals surface area (Å²) in [5.41, 5.74) is 0.137. The van der Waals surface area contributed by atoms with Gasteiger partial charge < -0.3 is 19.5 Å². The molecule has 1 aliphatic heterocycles. The molecule has 41 heavy (non-hydrogen) atoms. The summed E-state index contributed by atoms with van der Waals surface area (Å²) in [6.07, 6.45) is -3.59. The Morgan fingerprint density at radius 1 is 1.02 bits per heavy atom. The van der Waals surface area contributed by atoms with Crippen LogP contribution in [0.15, 0.2) is 54.7 Å². The van der Waals surface area contributed by atoms with E-state index in [1.54, 1.807) is 36.3 Å². The number of carbonyl (C=O) groups excluding carboxylic acids is 1. The second-order valence-corrected chi connectivity index (χ2v) is 9.72. The largest absolute Gasteiger partial charge is 0.497 e. The van der Waals surface area contributed by atoms with Crippen LogP contribution in [0.25, 0.3) is 16.9 Å². The number of aromatic nitrogens is 3. The first-order valence-corrected chi connectivity index (χ1v) is 13.0. The Bertz CT molecular complexity index is 1550. The van der Waals surface area contributed by atoms with Crippen molar-refractivity contribution in [2.75, 3.05) is 47.0 Å². The number of nitrogens with zero attached hydrogens (tertiary/aromatic N) is 5. The number of aliphatic hydroxyl groups is 1. The molecule has 1 N–H and O–H groups in total. The number of ether oxygens (including phenoxy) is 2. The molecule has 3 heterocycles. The maximum Gasteiger partial charge on any atom is 0.433 e. The molecule has 12 heteroatoms. The molecule has 0 saturated carbocycles. The molecule has 0 aliphatic carbocycles. The maximum atomic E-state index is 14.3. The fraction of sp³-hybridized carbons (Fsp3) is 0.345. The van der Waals surface area contributed by atoms with Crippen molar-refractivity contribution >= 4 is 11.6 Å². The number of amides is 1. The van der Waals surface area contributed by atoms with Crippen molar-refractivity contribution in [3.05, 3.63) is 77.1 Å². The quantitative estimate of drug-likeness (QED) is 0.356. The predicted molar refractivity (Wildman–Crippen MR) is 145 cm³/mol. The second kappa shape index (κ2) is 11.4. The summed E-state index contributed by atoms with van der Waals surface area (Å²) >= 11 is 0. The number of para-hydroxylation sites is 1. The van der Waals surface area contributed by atoms with Crippen LogP contribution in [-0.4, -0.2) is 82.4 Å². The summed E-state index contributed by atoms with van der Waals surface area (Å²) in [5.74, 6) is 0.755. The lowest BCUT2D eigenvalue weighted by Crippen LogP contribution is -2.50. The van der Waals surface area contributed by atoms with Gasteiger partial charge in [-0.3, -0.25) is 9.69 Å². The zero-order valence-electron chi connectivity index (χ0n) is 22.9. The monoisotopic (exact) mass is 569 g/mol. The van der Waals surface area contributed by atoms with Gasteiger partial charge in [0.25, 0.3) is 5.91 Å². The fourth-order valence-electron chi connectivity index (χ4n) is 5.35. The van der Waals surface area contributed by atoms with Crippen LogP contribution in [0.5, 0.6) is 11.5 Å². The molecule has 0 bridgehead atoms. The van der Waals surface area contributed by atoms with Crippen molar-refractivity contribution in [2.45, 2.75) is 19.1 Å². The Morgan fingerprint density at radius 2 is 1.71 bits per heavy atom. The summed E-state index contributed by atoms with van der Waals surface area (Å²) in [6, 6.07) is 13.6. The number of alkyl halides is 3. The van der Waals surface area contributed by atoms with E-state index in [4.69, 9.17) is 9.47 Å². The molecule has 1 fully saturated rings. The van der Waals surface area contributed by atoms with Crippen LogP contribution in [0.4, 0.5) is 13.2 Å². The van der Waals surface area contributed by atoms with Gasteiger partial charge in [-0.2, -0.15) is 18.3 Å². The molecule has 9 nitrogen and oxygen atoms in total. The minimum atomic E-state index is -4.73. The summed E-state index contributed by atoms with van der Waals surface area (Å²) in [6.45, 7) is 2.73. The molecule has 1 aliphatic rings. The first-order valence-electron chi connectivity index (χ1n) is 13.0. The highest BCUT2D eigenvalue weighted by atomic mass is 19.4. The number of fused-ring (bicyclic) bond motifs is 1. The van der Waals surface area contributed by atoms with Gasteiger partial charge in [0.1, 0.15) is 17.1 Å². The zero-order chi connectivity index (χ0) is 29.3. The molecular formula is C29H30F3N5O4. The van der Waals surface area contributed by atoms with E-state index >= 15 is 0 Å². The summed E-state index contributed by atoms with van der Waals surface area (Å²) in [7, 11) is 3.07. The molecule has 4 aromatic rings. The third-order valence-corrected chi connectivity index (χ3v) is 7.46. The van der Waals surface area contributed by atoms with Gasteiger partial charge in [-0.1, -0.05) is 18.2 Å². The number of piperazine rings is 1. The van der Waals surface area contributed by atoms with E-state index in [0.29, 0.717) is 47.8 Å². The van der Waals surface area contributed by atoms with E-state index < -0.39 is 17.8 Å². The van der Waals surface area contributed by atoms with E-state index in [1.807, 2.05) is 24.3 Å². The minimum Gasteiger partial charge on any atom is -0.497 e. The molecule has 216 valence electrons. The van der Waals surface area contributed by atoms with Crippen LogP contribution in [0.1, 0.15) is 33.2 Å². The van der Waals surface area contributed by atoms with Crippen LogP contribution >= 0.6 is 0 Å². The standard InChI is InChI=1S/C29H30F3N5O4/c1-18-25(19-8-10-20(40-2)11-9-19)34-27-22(16-33-37(27)26(18)29(30,31)32)28(39)36-14-12-35(13-15-36)23(17-38)21-6-4-5-7-24(21)41-3/h4-11,16,23,38H,12-15,17H2,1-3H3/t23-/m1/s1. The molecule has 5 rings (SSSR count). The number of hydrogen-bond donors (Lipinski definition) is 1. The lowest BCUT2D eigenvalue weighted by molar-refractivity contribution is -0.143. The number of carbonyl (C=O) groups is 1. The van der Waals surface area contributed by atoms with Gasteiger partial charge in [0.15, 0.2) is 11.3 Å². The second-order valence-electron chi connectivity index (χ2n) is 9.72. The smallest absolute Gasteiger partial charge is 0.433 e. The number of halogens is 3. The number of aliphatic hydroxyl groups excluding tert-OH is 1. The van der Waals surface area contributed by atoms with E-state index in [9.17, 15) is 23.1 Å². The Kier molecular flexibility index (Phi) is 7.87. The van der Waals surface area contributed by atoms with Gasteiger partial charge in [0.05, 0.1) is 38.8 Å². The van der Waals surface area contributed by atoms with Crippen molar-refractivity contribution in [2.24, 2.45) is 0 Å². The average molecular weight is 570 g/mol. The number of benzene rings is 2. The van der Waals surface area contributed by atoms with Crippen molar-refractivity contribution in [3.63, 3.8) is 0 Å².